The van der Waals surface area contributed by atoms with E-state index in [2.05, 4.69) is 44.6 Å². The molecule has 7 heteroatoms. The first-order valence-corrected chi connectivity index (χ1v) is 8.52. The number of piperazine rings is 1. The fourth-order valence-corrected chi connectivity index (χ4v) is 3.18. The lowest BCUT2D eigenvalue weighted by molar-refractivity contribution is 0.412. The Kier molecular flexibility index (Phi) is 4.23. The Balaban J connectivity index is 1.61. The lowest BCUT2D eigenvalue weighted by Gasteiger charge is -2.32. The molecule has 2 N–H and O–H groups in total. The fourth-order valence-electron chi connectivity index (χ4n) is 3.18. The van der Waals surface area contributed by atoms with Crippen LogP contribution in [0.5, 0.6) is 5.75 Å². The Hall–Kier alpha value is -2.67. The summed E-state index contributed by atoms with van der Waals surface area (Å²) in [5.41, 5.74) is 3.36. The van der Waals surface area contributed by atoms with Crippen LogP contribution in [0.15, 0.2) is 29.4 Å². The minimum atomic E-state index is 0.423. The average Bonchev–Trinajstić information content (AvgIpc) is 3.09. The Morgan fingerprint density at radius 3 is 3.12 bits per heavy atom. The van der Waals surface area contributed by atoms with Gasteiger partial charge in [0.2, 0.25) is 5.95 Å². The number of aromatic nitrogens is 2. The molecule has 0 amide bonds. The van der Waals surface area contributed by atoms with Crippen LogP contribution in [-0.4, -0.2) is 49.0 Å². The topological polar surface area (TPSA) is 74.7 Å². The number of hydrogen-bond donors (Lipinski definition) is 2. The smallest absolute Gasteiger partial charge is 0.227 e. The summed E-state index contributed by atoms with van der Waals surface area (Å²) in [7, 11) is 1.63. The summed E-state index contributed by atoms with van der Waals surface area (Å²) < 4.78 is 5.43. The van der Waals surface area contributed by atoms with Gasteiger partial charge >= 0.3 is 0 Å². The Morgan fingerprint density at radius 2 is 2.28 bits per heavy atom. The van der Waals surface area contributed by atoms with Crippen molar-refractivity contribution in [2.24, 2.45) is 4.99 Å². The van der Waals surface area contributed by atoms with Gasteiger partial charge in [0.05, 0.1) is 19.9 Å². The van der Waals surface area contributed by atoms with Crippen molar-refractivity contribution in [1.82, 2.24) is 15.3 Å². The van der Waals surface area contributed by atoms with Crippen LogP contribution in [-0.2, 0) is 6.54 Å². The molecule has 0 spiro atoms. The van der Waals surface area contributed by atoms with Crippen molar-refractivity contribution in [2.75, 3.05) is 37.0 Å². The van der Waals surface area contributed by atoms with Crippen LogP contribution in [0.4, 0.5) is 17.5 Å². The zero-order valence-corrected chi connectivity index (χ0v) is 14.5. The zero-order chi connectivity index (χ0) is 17.2. The van der Waals surface area contributed by atoms with Crippen LogP contribution in [0.3, 0.4) is 0 Å². The highest BCUT2D eigenvalue weighted by atomic mass is 16.5. The van der Waals surface area contributed by atoms with Gasteiger partial charge in [0.25, 0.3) is 0 Å². The van der Waals surface area contributed by atoms with Crippen molar-refractivity contribution in [1.29, 1.82) is 0 Å². The third-order valence-electron chi connectivity index (χ3n) is 4.51. The lowest BCUT2D eigenvalue weighted by atomic mass is 10.1. The normalized spacial score (nSPS) is 19.0. The third-order valence-corrected chi connectivity index (χ3v) is 4.51. The molecule has 7 nitrogen and oxygen atoms in total. The summed E-state index contributed by atoms with van der Waals surface area (Å²) in [4.78, 5) is 15.7. The number of nitrogens with one attached hydrogen (secondary N) is 2. The number of nitrogens with zero attached hydrogens (tertiary/aromatic N) is 4. The maximum Gasteiger partial charge on any atom is 0.227 e. The summed E-state index contributed by atoms with van der Waals surface area (Å²) in [5, 5.41) is 6.80. The molecule has 25 heavy (non-hydrogen) atoms. The second kappa shape index (κ2) is 6.68. The fraction of sp³-hybridized carbons (Fsp3) is 0.389. The highest BCUT2D eigenvalue weighted by Gasteiger charge is 2.20. The maximum atomic E-state index is 5.43. The van der Waals surface area contributed by atoms with Crippen molar-refractivity contribution in [2.45, 2.75) is 19.5 Å². The van der Waals surface area contributed by atoms with E-state index in [0.29, 0.717) is 17.6 Å². The molecule has 1 aromatic heterocycles. The molecule has 1 atom stereocenters. The summed E-state index contributed by atoms with van der Waals surface area (Å²) in [5.74, 6) is 2.02. The van der Waals surface area contributed by atoms with Gasteiger partial charge in [0, 0.05) is 37.6 Å². The van der Waals surface area contributed by atoms with Gasteiger partial charge < -0.3 is 20.3 Å². The van der Waals surface area contributed by atoms with Crippen LogP contribution >= 0.6 is 0 Å². The van der Waals surface area contributed by atoms with Gasteiger partial charge in [0.15, 0.2) is 11.6 Å². The standard InChI is InChI=1S/C18H22N6O/c1-12-11-24(6-5-20-12)18-21-10-16(25-2)17(23-18)22-15-4-3-13-8-19-9-14(13)7-15/h3-4,7,9-10,12,20H,5-6,8,11H2,1-2H3,(H,21,22,23). The van der Waals surface area contributed by atoms with E-state index < -0.39 is 0 Å². The van der Waals surface area contributed by atoms with Gasteiger partial charge in [-0.05, 0) is 30.2 Å². The molecular weight excluding hydrogens is 316 g/mol. The van der Waals surface area contributed by atoms with Gasteiger partial charge in [-0.15, -0.1) is 0 Å². The van der Waals surface area contributed by atoms with Gasteiger partial charge in [-0.25, -0.2) is 4.98 Å². The van der Waals surface area contributed by atoms with Crippen LogP contribution in [0, 0.1) is 0 Å². The molecule has 0 saturated carbocycles. The van der Waals surface area contributed by atoms with E-state index >= 15 is 0 Å². The summed E-state index contributed by atoms with van der Waals surface area (Å²) in [6, 6.07) is 6.64. The molecule has 3 heterocycles. The molecule has 0 bridgehead atoms. The van der Waals surface area contributed by atoms with Crippen molar-refractivity contribution in [3.63, 3.8) is 0 Å². The minimum absolute atomic E-state index is 0.423. The van der Waals surface area contributed by atoms with E-state index in [4.69, 9.17) is 9.72 Å². The van der Waals surface area contributed by atoms with Crippen molar-refractivity contribution in [3.8, 4) is 5.75 Å². The number of benzene rings is 1. The highest BCUT2D eigenvalue weighted by Crippen LogP contribution is 2.28. The van der Waals surface area contributed by atoms with E-state index in [-0.39, 0.29) is 0 Å². The van der Waals surface area contributed by atoms with E-state index in [0.717, 1.165) is 43.4 Å². The van der Waals surface area contributed by atoms with Crippen LogP contribution in [0.25, 0.3) is 0 Å². The van der Waals surface area contributed by atoms with Crippen molar-refractivity contribution >= 4 is 23.7 Å². The van der Waals surface area contributed by atoms with Crippen LogP contribution in [0.2, 0.25) is 0 Å². The maximum absolute atomic E-state index is 5.43. The number of anilines is 3. The molecule has 1 aromatic carbocycles. The number of rotatable bonds is 4. The molecule has 2 aromatic rings. The molecule has 1 unspecified atom stereocenters. The number of hydrogen-bond acceptors (Lipinski definition) is 7. The molecule has 2 aliphatic heterocycles. The van der Waals surface area contributed by atoms with Gasteiger partial charge in [-0.1, -0.05) is 6.07 Å². The highest BCUT2D eigenvalue weighted by molar-refractivity contribution is 5.86. The van der Waals surface area contributed by atoms with E-state index in [1.807, 2.05) is 12.3 Å². The summed E-state index contributed by atoms with van der Waals surface area (Å²) in [6.45, 7) is 5.65. The lowest BCUT2D eigenvalue weighted by Crippen LogP contribution is -2.49. The first kappa shape index (κ1) is 15.8. The predicted molar refractivity (Wildman–Crippen MR) is 99.3 cm³/mol. The second-order valence-corrected chi connectivity index (χ2v) is 6.40. The summed E-state index contributed by atoms with van der Waals surface area (Å²) >= 11 is 0. The zero-order valence-electron chi connectivity index (χ0n) is 14.5. The molecule has 4 rings (SSSR count). The predicted octanol–water partition coefficient (Wildman–Crippen LogP) is 1.96. The van der Waals surface area contributed by atoms with E-state index in [1.165, 1.54) is 5.56 Å². The summed E-state index contributed by atoms with van der Waals surface area (Å²) in [6.07, 6.45) is 3.64. The SMILES string of the molecule is COc1cnc(N2CCNC(C)C2)nc1Nc1ccc2c(c1)C=NC2. The van der Waals surface area contributed by atoms with Crippen molar-refractivity contribution < 1.29 is 4.74 Å². The Morgan fingerprint density at radius 1 is 1.36 bits per heavy atom. The quantitative estimate of drug-likeness (QED) is 0.888. The van der Waals surface area contributed by atoms with Crippen LogP contribution < -0.4 is 20.3 Å². The average molecular weight is 338 g/mol. The molecule has 1 saturated heterocycles. The third kappa shape index (κ3) is 3.28. The largest absolute Gasteiger partial charge is 0.491 e. The molecule has 1 fully saturated rings. The van der Waals surface area contributed by atoms with Gasteiger partial charge in [-0.2, -0.15) is 4.98 Å². The van der Waals surface area contributed by atoms with E-state index in [1.54, 1.807) is 13.3 Å². The molecule has 2 aliphatic rings. The van der Waals surface area contributed by atoms with E-state index in [9.17, 15) is 0 Å². The number of ether oxygens (including phenoxy) is 1. The Labute approximate surface area is 147 Å². The second-order valence-electron chi connectivity index (χ2n) is 6.40. The Bertz CT molecular complexity index is 806. The van der Waals surface area contributed by atoms with Gasteiger partial charge in [-0.3, -0.25) is 4.99 Å². The first-order chi connectivity index (χ1) is 12.2. The molecular formula is C18H22N6O. The first-order valence-electron chi connectivity index (χ1n) is 8.52. The number of aliphatic imine (C=N–C) groups is 1. The van der Waals surface area contributed by atoms with Crippen molar-refractivity contribution in [3.05, 3.63) is 35.5 Å². The monoisotopic (exact) mass is 338 g/mol. The molecule has 130 valence electrons. The molecule has 0 radical (unpaired) electrons. The number of methoxy groups -OCH3 is 1. The number of fused-ring (bicyclic) bond motifs is 1. The minimum Gasteiger partial charge on any atom is -0.491 e. The van der Waals surface area contributed by atoms with Gasteiger partial charge in [0.1, 0.15) is 0 Å². The van der Waals surface area contributed by atoms with Crippen LogP contribution in [0.1, 0.15) is 18.1 Å². The molecule has 0 aliphatic carbocycles.